The molecule has 0 heterocycles. The van der Waals surface area contributed by atoms with Gasteiger partial charge in [0.25, 0.3) is 0 Å². The average Bonchev–Trinajstić information content (AvgIpc) is 2.47. The predicted molar refractivity (Wildman–Crippen MR) is 84.2 cm³/mol. The molecule has 0 unspecified atom stereocenters. The molecule has 0 aliphatic carbocycles. The molecule has 0 fully saturated rings. The highest BCUT2D eigenvalue weighted by Crippen LogP contribution is 2.26. The number of methoxy groups -OCH3 is 1. The van der Waals surface area contributed by atoms with Gasteiger partial charge in [0.1, 0.15) is 23.9 Å². The highest BCUT2D eigenvalue weighted by molar-refractivity contribution is 9.10. The van der Waals surface area contributed by atoms with E-state index in [-0.39, 0.29) is 5.82 Å². The molecule has 0 saturated heterocycles. The zero-order chi connectivity index (χ0) is 15.2. The number of hydrogen-bond donors (Lipinski definition) is 1. The molecule has 0 amide bonds. The van der Waals surface area contributed by atoms with Gasteiger partial charge >= 0.3 is 0 Å². The molecule has 21 heavy (non-hydrogen) atoms. The summed E-state index contributed by atoms with van der Waals surface area (Å²) in [4.78, 5) is 0. The van der Waals surface area contributed by atoms with Gasteiger partial charge in [0, 0.05) is 22.1 Å². The molecule has 1 N–H and O–H groups in total. The lowest BCUT2D eigenvalue weighted by Gasteiger charge is -2.13. The van der Waals surface area contributed by atoms with Crippen LogP contribution in [-0.4, -0.2) is 14.2 Å². The van der Waals surface area contributed by atoms with Crippen molar-refractivity contribution in [2.45, 2.75) is 13.2 Å². The van der Waals surface area contributed by atoms with Gasteiger partial charge in [0.2, 0.25) is 0 Å². The Morgan fingerprint density at radius 1 is 1.14 bits per heavy atom. The Morgan fingerprint density at radius 3 is 2.62 bits per heavy atom. The molecular formula is C16H17BrFNO2. The van der Waals surface area contributed by atoms with Gasteiger partial charge in [-0.2, -0.15) is 0 Å². The second-order valence-corrected chi connectivity index (χ2v) is 5.38. The van der Waals surface area contributed by atoms with E-state index in [0.717, 1.165) is 22.6 Å². The first-order valence-corrected chi connectivity index (χ1v) is 7.31. The maximum absolute atomic E-state index is 13.1. The summed E-state index contributed by atoms with van der Waals surface area (Å²) in [5.41, 5.74) is 1.90. The zero-order valence-electron chi connectivity index (χ0n) is 12.0. The van der Waals surface area contributed by atoms with Crippen molar-refractivity contribution in [2.75, 3.05) is 14.2 Å². The smallest absolute Gasteiger partial charge is 0.124 e. The lowest BCUT2D eigenvalue weighted by Crippen LogP contribution is -2.08. The normalized spacial score (nSPS) is 10.5. The van der Waals surface area contributed by atoms with Crippen LogP contribution in [0.1, 0.15) is 11.1 Å². The maximum atomic E-state index is 13.1. The summed E-state index contributed by atoms with van der Waals surface area (Å²) >= 11 is 3.34. The van der Waals surface area contributed by atoms with E-state index in [9.17, 15) is 4.39 Å². The fourth-order valence-electron chi connectivity index (χ4n) is 1.95. The molecule has 0 bridgehead atoms. The van der Waals surface area contributed by atoms with Crippen molar-refractivity contribution in [1.29, 1.82) is 0 Å². The molecule has 2 aromatic carbocycles. The van der Waals surface area contributed by atoms with E-state index >= 15 is 0 Å². The first-order valence-electron chi connectivity index (χ1n) is 6.52. The van der Waals surface area contributed by atoms with Gasteiger partial charge in [-0.15, -0.1) is 0 Å². The molecule has 112 valence electrons. The maximum Gasteiger partial charge on any atom is 0.124 e. The third-order valence-corrected chi connectivity index (χ3v) is 3.77. The Labute approximate surface area is 132 Å². The molecule has 2 rings (SSSR count). The van der Waals surface area contributed by atoms with Crippen molar-refractivity contribution in [3.05, 3.63) is 57.8 Å². The van der Waals surface area contributed by atoms with Crippen LogP contribution in [-0.2, 0) is 13.2 Å². The van der Waals surface area contributed by atoms with Crippen molar-refractivity contribution >= 4 is 15.9 Å². The molecule has 0 atom stereocenters. The molecule has 2 aromatic rings. The average molecular weight is 354 g/mol. The van der Waals surface area contributed by atoms with Crippen LogP contribution in [0.25, 0.3) is 0 Å². The second kappa shape index (κ2) is 7.43. The van der Waals surface area contributed by atoms with Gasteiger partial charge in [0.05, 0.1) is 7.11 Å². The topological polar surface area (TPSA) is 30.5 Å². The van der Waals surface area contributed by atoms with Crippen molar-refractivity contribution in [3.63, 3.8) is 0 Å². The number of halogens is 2. The highest BCUT2D eigenvalue weighted by atomic mass is 79.9. The zero-order valence-corrected chi connectivity index (χ0v) is 13.5. The Morgan fingerprint density at radius 2 is 1.95 bits per heavy atom. The third-order valence-electron chi connectivity index (χ3n) is 3.03. The Bertz CT molecular complexity index is 619. The number of rotatable bonds is 6. The molecule has 0 saturated carbocycles. The fraction of sp³-hybridized carbons (Fsp3) is 0.250. The molecule has 5 heteroatoms. The van der Waals surface area contributed by atoms with Crippen LogP contribution < -0.4 is 14.8 Å². The molecule has 0 aliphatic heterocycles. The highest BCUT2D eigenvalue weighted by Gasteiger charge is 2.07. The number of nitrogens with one attached hydrogen (secondary N) is 1. The summed E-state index contributed by atoms with van der Waals surface area (Å²) in [5, 5.41) is 3.10. The van der Waals surface area contributed by atoms with E-state index in [1.54, 1.807) is 13.2 Å². The van der Waals surface area contributed by atoms with Gasteiger partial charge in [-0.05, 0) is 37.4 Å². The van der Waals surface area contributed by atoms with Crippen molar-refractivity contribution < 1.29 is 13.9 Å². The lowest BCUT2D eigenvalue weighted by molar-refractivity contribution is 0.300. The summed E-state index contributed by atoms with van der Waals surface area (Å²) in [7, 11) is 3.51. The Balaban J connectivity index is 2.15. The SMILES string of the molecule is CNCc1cc(OC)ccc1OCc1ccc(F)cc1Br. The summed E-state index contributed by atoms with van der Waals surface area (Å²) in [6, 6.07) is 10.2. The van der Waals surface area contributed by atoms with Gasteiger partial charge in [-0.3, -0.25) is 0 Å². The van der Waals surface area contributed by atoms with Gasteiger partial charge in [-0.25, -0.2) is 4.39 Å². The molecule has 0 aliphatic rings. The minimum absolute atomic E-state index is 0.272. The van der Waals surface area contributed by atoms with Crippen LogP contribution in [0.2, 0.25) is 0 Å². The monoisotopic (exact) mass is 353 g/mol. The second-order valence-electron chi connectivity index (χ2n) is 4.53. The molecule has 0 radical (unpaired) electrons. The number of ether oxygens (including phenoxy) is 2. The van der Waals surface area contributed by atoms with Gasteiger partial charge in [0.15, 0.2) is 0 Å². The lowest BCUT2D eigenvalue weighted by atomic mass is 10.2. The van der Waals surface area contributed by atoms with E-state index in [0.29, 0.717) is 17.6 Å². The van der Waals surface area contributed by atoms with Crippen molar-refractivity contribution in [2.24, 2.45) is 0 Å². The van der Waals surface area contributed by atoms with E-state index in [1.165, 1.54) is 12.1 Å². The molecule has 0 aromatic heterocycles. The number of hydrogen-bond acceptors (Lipinski definition) is 3. The Hall–Kier alpha value is -1.59. The minimum Gasteiger partial charge on any atom is -0.497 e. The third kappa shape index (κ3) is 4.19. The predicted octanol–water partition coefficient (Wildman–Crippen LogP) is 3.90. The number of benzene rings is 2. The van der Waals surface area contributed by atoms with E-state index < -0.39 is 0 Å². The summed E-state index contributed by atoms with van der Waals surface area (Å²) in [6.07, 6.45) is 0. The van der Waals surface area contributed by atoms with Crippen LogP contribution in [0.3, 0.4) is 0 Å². The first kappa shape index (κ1) is 15.8. The molecule has 0 spiro atoms. The Kier molecular flexibility index (Phi) is 5.59. The van der Waals surface area contributed by atoms with Crippen molar-refractivity contribution in [3.8, 4) is 11.5 Å². The van der Waals surface area contributed by atoms with Gasteiger partial charge < -0.3 is 14.8 Å². The van der Waals surface area contributed by atoms with E-state index in [4.69, 9.17) is 9.47 Å². The van der Waals surface area contributed by atoms with Crippen LogP contribution in [0.5, 0.6) is 11.5 Å². The van der Waals surface area contributed by atoms with Crippen LogP contribution in [0.15, 0.2) is 40.9 Å². The van der Waals surface area contributed by atoms with Crippen molar-refractivity contribution in [1.82, 2.24) is 5.32 Å². The largest absolute Gasteiger partial charge is 0.497 e. The first-order chi connectivity index (χ1) is 10.1. The van der Waals surface area contributed by atoms with Crippen LogP contribution in [0, 0.1) is 5.82 Å². The quantitative estimate of drug-likeness (QED) is 0.854. The summed E-state index contributed by atoms with van der Waals surface area (Å²) in [6.45, 7) is 1.04. The molecule has 3 nitrogen and oxygen atoms in total. The minimum atomic E-state index is -0.272. The van der Waals surface area contributed by atoms with E-state index in [2.05, 4.69) is 21.2 Å². The van der Waals surface area contributed by atoms with E-state index in [1.807, 2.05) is 25.2 Å². The summed E-state index contributed by atoms with van der Waals surface area (Å²) < 4.78 is 24.8. The van der Waals surface area contributed by atoms with Gasteiger partial charge in [-0.1, -0.05) is 22.0 Å². The standard InChI is InChI=1S/C16H17BrFNO2/c1-19-9-12-7-14(20-2)5-6-16(12)21-10-11-3-4-13(18)8-15(11)17/h3-8,19H,9-10H2,1-2H3. The van der Waals surface area contributed by atoms with Crippen LogP contribution in [0.4, 0.5) is 4.39 Å². The fourth-order valence-corrected chi connectivity index (χ4v) is 2.41. The van der Waals surface area contributed by atoms with Crippen LogP contribution >= 0.6 is 15.9 Å². The summed E-state index contributed by atoms with van der Waals surface area (Å²) in [5.74, 6) is 1.29. The molecular weight excluding hydrogens is 337 g/mol.